The fourth-order valence-electron chi connectivity index (χ4n) is 2.49. The molecular weight excluding hydrogens is 186 g/mol. The van der Waals surface area contributed by atoms with Crippen LogP contribution in [0.1, 0.15) is 51.9 Å². The summed E-state index contributed by atoms with van der Waals surface area (Å²) in [4.78, 5) is 0. The van der Waals surface area contributed by atoms with Gasteiger partial charge in [-0.25, -0.2) is 0 Å². The van der Waals surface area contributed by atoms with Gasteiger partial charge in [-0.3, -0.25) is 0 Å². The number of ether oxygens (including phenoxy) is 1. The van der Waals surface area contributed by atoms with Crippen LogP contribution in [0.5, 0.6) is 0 Å². The highest BCUT2D eigenvalue weighted by Crippen LogP contribution is 2.34. The van der Waals surface area contributed by atoms with Crippen molar-refractivity contribution < 1.29 is 4.74 Å². The second kappa shape index (κ2) is 6.15. The molecule has 0 amide bonds. The second-order valence-corrected chi connectivity index (χ2v) is 4.40. The van der Waals surface area contributed by atoms with Crippen molar-refractivity contribution in [3.63, 3.8) is 0 Å². The zero-order chi connectivity index (χ0) is 11.1. The average molecular weight is 209 g/mol. The van der Waals surface area contributed by atoms with E-state index in [0.717, 1.165) is 25.7 Å². The molecule has 0 aliphatic heterocycles. The number of rotatable bonds is 4. The lowest BCUT2D eigenvalue weighted by Crippen LogP contribution is -2.50. The van der Waals surface area contributed by atoms with Crippen LogP contribution in [0, 0.1) is 11.8 Å². The van der Waals surface area contributed by atoms with E-state index in [0.29, 0.717) is 0 Å². The van der Waals surface area contributed by atoms with E-state index in [1.165, 1.54) is 19.3 Å². The summed E-state index contributed by atoms with van der Waals surface area (Å²) in [6.45, 7) is 1.87. The Morgan fingerprint density at radius 1 is 1.33 bits per heavy atom. The normalized spacial score (nSPS) is 21.5. The summed E-state index contributed by atoms with van der Waals surface area (Å²) in [5.41, 5.74) is 6.18. The van der Waals surface area contributed by atoms with Crippen molar-refractivity contribution in [3.8, 4) is 11.8 Å². The van der Waals surface area contributed by atoms with Gasteiger partial charge < -0.3 is 10.5 Å². The van der Waals surface area contributed by atoms with Gasteiger partial charge >= 0.3 is 0 Å². The van der Waals surface area contributed by atoms with Gasteiger partial charge in [0.1, 0.15) is 0 Å². The van der Waals surface area contributed by atoms with Gasteiger partial charge in [0.25, 0.3) is 0 Å². The Morgan fingerprint density at radius 3 is 2.53 bits per heavy atom. The maximum Gasteiger partial charge on any atom is 0.0829 e. The molecule has 2 nitrogen and oxygen atoms in total. The predicted octanol–water partition coefficient (Wildman–Crippen LogP) is 2.47. The van der Waals surface area contributed by atoms with Gasteiger partial charge in [-0.1, -0.05) is 19.3 Å². The second-order valence-electron chi connectivity index (χ2n) is 4.40. The third kappa shape index (κ3) is 3.22. The van der Waals surface area contributed by atoms with E-state index in [1.54, 1.807) is 7.11 Å². The Kier molecular flexibility index (Phi) is 5.14. The highest BCUT2D eigenvalue weighted by molar-refractivity contribution is 4.99. The highest BCUT2D eigenvalue weighted by atomic mass is 16.5. The van der Waals surface area contributed by atoms with Gasteiger partial charge in [-0.05, 0) is 26.2 Å². The lowest BCUT2D eigenvalue weighted by molar-refractivity contribution is -0.0597. The molecule has 1 atom stereocenters. The molecule has 0 spiro atoms. The van der Waals surface area contributed by atoms with Crippen LogP contribution in [0.4, 0.5) is 0 Å². The van der Waals surface area contributed by atoms with Crippen molar-refractivity contribution in [2.45, 2.75) is 63.5 Å². The average Bonchev–Trinajstić information content (AvgIpc) is 2.30. The number of hydrogen-bond acceptors (Lipinski definition) is 2. The van der Waals surface area contributed by atoms with Gasteiger partial charge in [0.2, 0.25) is 0 Å². The van der Waals surface area contributed by atoms with E-state index < -0.39 is 0 Å². The number of hydrogen-bond donors (Lipinski definition) is 1. The molecule has 0 bridgehead atoms. The summed E-state index contributed by atoms with van der Waals surface area (Å²) in [5, 5.41) is 0. The first-order chi connectivity index (χ1) is 7.25. The lowest BCUT2D eigenvalue weighted by Gasteiger charge is -2.40. The molecule has 2 heteroatoms. The van der Waals surface area contributed by atoms with E-state index in [-0.39, 0.29) is 11.6 Å². The number of methoxy groups -OCH3 is 1. The van der Waals surface area contributed by atoms with Crippen molar-refractivity contribution in [2.75, 3.05) is 7.11 Å². The minimum Gasteiger partial charge on any atom is -0.377 e. The van der Waals surface area contributed by atoms with Gasteiger partial charge in [0.15, 0.2) is 0 Å². The standard InChI is InChI=1S/C13H23NO/c1-3-4-6-9-12(14)13(15-2)10-7-5-8-11-13/h12H,5-11,14H2,1-2H3. The van der Waals surface area contributed by atoms with Gasteiger partial charge in [0.05, 0.1) is 5.60 Å². The van der Waals surface area contributed by atoms with Crippen molar-refractivity contribution in [1.82, 2.24) is 0 Å². The van der Waals surface area contributed by atoms with Crippen LogP contribution in [0.3, 0.4) is 0 Å². The maximum atomic E-state index is 6.24. The fourth-order valence-corrected chi connectivity index (χ4v) is 2.49. The van der Waals surface area contributed by atoms with Gasteiger partial charge in [0, 0.05) is 19.6 Å². The largest absolute Gasteiger partial charge is 0.377 e. The Morgan fingerprint density at radius 2 is 2.00 bits per heavy atom. The van der Waals surface area contributed by atoms with Crippen molar-refractivity contribution >= 4 is 0 Å². The van der Waals surface area contributed by atoms with Crippen LogP contribution < -0.4 is 5.73 Å². The molecule has 0 aromatic heterocycles. The van der Waals surface area contributed by atoms with Crippen LogP contribution in [0.15, 0.2) is 0 Å². The van der Waals surface area contributed by atoms with Crippen LogP contribution in [-0.2, 0) is 4.74 Å². The molecule has 0 aromatic carbocycles. The Bertz CT molecular complexity index is 233. The molecule has 2 N–H and O–H groups in total. The molecule has 15 heavy (non-hydrogen) atoms. The topological polar surface area (TPSA) is 35.2 Å². The SMILES string of the molecule is CC#CCCC(N)C1(OC)CCCCC1. The Hall–Kier alpha value is -0.520. The Balaban J connectivity index is 2.50. The predicted molar refractivity (Wildman–Crippen MR) is 63.5 cm³/mol. The highest BCUT2D eigenvalue weighted by Gasteiger charge is 2.37. The molecule has 0 radical (unpaired) electrons. The van der Waals surface area contributed by atoms with Gasteiger partial charge in [-0.2, -0.15) is 0 Å². The zero-order valence-electron chi connectivity index (χ0n) is 10.0. The van der Waals surface area contributed by atoms with Gasteiger partial charge in [-0.15, -0.1) is 11.8 Å². The van der Waals surface area contributed by atoms with E-state index in [4.69, 9.17) is 10.5 Å². The molecule has 86 valence electrons. The molecule has 1 unspecified atom stereocenters. The maximum absolute atomic E-state index is 6.24. The molecule has 1 fully saturated rings. The first kappa shape index (κ1) is 12.5. The first-order valence-electron chi connectivity index (χ1n) is 5.95. The van der Waals surface area contributed by atoms with E-state index in [9.17, 15) is 0 Å². The summed E-state index contributed by atoms with van der Waals surface area (Å²) in [5.74, 6) is 5.98. The van der Waals surface area contributed by atoms with Crippen LogP contribution >= 0.6 is 0 Å². The molecule has 1 aliphatic carbocycles. The monoisotopic (exact) mass is 209 g/mol. The van der Waals surface area contributed by atoms with Crippen molar-refractivity contribution in [1.29, 1.82) is 0 Å². The summed E-state index contributed by atoms with van der Waals surface area (Å²) in [6.07, 6.45) is 7.90. The minimum atomic E-state index is -0.0618. The molecule has 0 aromatic rings. The minimum absolute atomic E-state index is 0.0618. The van der Waals surface area contributed by atoms with E-state index in [1.807, 2.05) is 6.92 Å². The first-order valence-corrected chi connectivity index (χ1v) is 5.95. The zero-order valence-corrected chi connectivity index (χ0v) is 10.0. The third-order valence-electron chi connectivity index (χ3n) is 3.54. The molecular formula is C13H23NO. The number of nitrogens with two attached hydrogens (primary N) is 1. The van der Waals surface area contributed by atoms with Crippen molar-refractivity contribution in [2.24, 2.45) is 5.73 Å². The van der Waals surface area contributed by atoms with Crippen molar-refractivity contribution in [3.05, 3.63) is 0 Å². The molecule has 1 saturated carbocycles. The van der Waals surface area contributed by atoms with E-state index >= 15 is 0 Å². The molecule has 1 rings (SSSR count). The van der Waals surface area contributed by atoms with Crippen LogP contribution in [0.25, 0.3) is 0 Å². The summed E-state index contributed by atoms with van der Waals surface area (Å²) >= 11 is 0. The fraction of sp³-hybridized carbons (Fsp3) is 0.846. The lowest BCUT2D eigenvalue weighted by atomic mass is 9.78. The van der Waals surface area contributed by atoms with Crippen LogP contribution in [-0.4, -0.2) is 18.8 Å². The summed E-state index contributed by atoms with van der Waals surface area (Å²) < 4.78 is 5.70. The quantitative estimate of drug-likeness (QED) is 0.722. The summed E-state index contributed by atoms with van der Waals surface area (Å²) in [6, 6.07) is 0.142. The molecule has 1 aliphatic rings. The molecule has 0 saturated heterocycles. The smallest absolute Gasteiger partial charge is 0.0829 e. The van der Waals surface area contributed by atoms with Crippen LogP contribution in [0.2, 0.25) is 0 Å². The molecule has 0 heterocycles. The summed E-state index contributed by atoms with van der Waals surface area (Å²) in [7, 11) is 1.80. The Labute approximate surface area is 93.6 Å². The van der Waals surface area contributed by atoms with E-state index in [2.05, 4.69) is 11.8 Å². The third-order valence-corrected chi connectivity index (χ3v) is 3.54.